The summed E-state index contributed by atoms with van der Waals surface area (Å²) in [4.78, 5) is 11.6. The molecule has 0 atom stereocenters. The van der Waals surface area contributed by atoms with Gasteiger partial charge in [-0.25, -0.2) is 0 Å². The lowest BCUT2D eigenvalue weighted by Gasteiger charge is -2.24. The second kappa shape index (κ2) is 8.09. The van der Waals surface area contributed by atoms with E-state index in [0.29, 0.717) is 6.54 Å². The van der Waals surface area contributed by atoms with Gasteiger partial charge in [0.25, 0.3) is 0 Å². The van der Waals surface area contributed by atoms with E-state index in [0.717, 1.165) is 25.8 Å². The Balaban J connectivity index is 3.87. The predicted octanol–water partition coefficient (Wildman–Crippen LogP) is 1.29. The summed E-state index contributed by atoms with van der Waals surface area (Å²) in [6.07, 6.45) is 2.84. The fourth-order valence-electron chi connectivity index (χ4n) is 1.90. The molecular weight excluding hydrogens is 256 g/mol. The topological polar surface area (TPSA) is 99.7 Å². The second-order valence-corrected chi connectivity index (χ2v) is 6.47. The van der Waals surface area contributed by atoms with Gasteiger partial charge < -0.3 is 21.6 Å². The van der Waals surface area contributed by atoms with Crippen molar-refractivity contribution in [1.29, 1.82) is 0 Å². The number of rotatable bonds is 9. The summed E-state index contributed by atoms with van der Waals surface area (Å²) >= 11 is 0. The van der Waals surface area contributed by atoms with Crippen LogP contribution in [0, 0.1) is 10.8 Å². The van der Waals surface area contributed by atoms with Crippen LogP contribution in [0.3, 0.4) is 0 Å². The molecule has 6 nitrogen and oxygen atoms in total. The molecule has 20 heavy (non-hydrogen) atoms. The molecule has 0 aromatic heterocycles. The normalized spacial score (nSPS) is 13.3. The molecule has 0 aliphatic carbocycles. The Bertz CT molecular complexity index is 338. The third-order valence-electron chi connectivity index (χ3n) is 3.62. The lowest BCUT2D eigenvalue weighted by Crippen LogP contribution is -2.42. The molecule has 0 bridgehead atoms. The van der Waals surface area contributed by atoms with Crippen molar-refractivity contribution in [2.75, 3.05) is 20.1 Å². The van der Waals surface area contributed by atoms with Crippen LogP contribution >= 0.6 is 0 Å². The van der Waals surface area contributed by atoms with E-state index in [4.69, 9.17) is 10.9 Å². The maximum atomic E-state index is 11.6. The van der Waals surface area contributed by atoms with Crippen molar-refractivity contribution in [1.82, 2.24) is 10.6 Å². The SMILES string of the molecule is CNC(=O)C(C)(C)CNCCCCC(C)(C)C(N)=NO. The van der Waals surface area contributed by atoms with E-state index in [1.165, 1.54) is 0 Å². The van der Waals surface area contributed by atoms with E-state index >= 15 is 0 Å². The van der Waals surface area contributed by atoms with Crippen molar-refractivity contribution in [3.8, 4) is 0 Å². The van der Waals surface area contributed by atoms with Gasteiger partial charge in [-0.2, -0.15) is 0 Å². The number of hydrogen-bond acceptors (Lipinski definition) is 4. The van der Waals surface area contributed by atoms with Crippen LogP contribution in [-0.4, -0.2) is 37.1 Å². The second-order valence-electron chi connectivity index (χ2n) is 6.47. The van der Waals surface area contributed by atoms with E-state index in [2.05, 4.69) is 15.8 Å². The van der Waals surface area contributed by atoms with Gasteiger partial charge in [-0.1, -0.05) is 25.4 Å². The highest BCUT2D eigenvalue weighted by molar-refractivity contribution is 5.85. The van der Waals surface area contributed by atoms with Crippen molar-refractivity contribution in [2.24, 2.45) is 21.7 Å². The van der Waals surface area contributed by atoms with Gasteiger partial charge in [0.05, 0.1) is 5.41 Å². The van der Waals surface area contributed by atoms with Gasteiger partial charge >= 0.3 is 0 Å². The number of oxime groups is 1. The Hall–Kier alpha value is -1.30. The Morgan fingerprint density at radius 3 is 2.30 bits per heavy atom. The minimum Gasteiger partial charge on any atom is -0.409 e. The van der Waals surface area contributed by atoms with Crippen LogP contribution in [0.5, 0.6) is 0 Å². The lowest BCUT2D eigenvalue weighted by atomic mass is 9.86. The average Bonchev–Trinajstić information content (AvgIpc) is 2.40. The van der Waals surface area contributed by atoms with E-state index in [9.17, 15) is 4.79 Å². The molecule has 0 rings (SSSR count). The zero-order chi connectivity index (χ0) is 15.8. The monoisotopic (exact) mass is 286 g/mol. The van der Waals surface area contributed by atoms with Crippen LogP contribution in [0.1, 0.15) is 47.0 Å². The fraction of sp³-hybridized carbons (Fsp3) is 0.857. The molecule has 0 fully saturated rings. The Kier molecular flexibility index (Phi) is 7.57. The first kappa shape index (κ1) is 18.7. The molecule has 5 N–H and O–H groups in total. The summed E-state index contributed by atoms with van der Waals surface area (Å²) in [7, 11) is 1.65. The van der Waals surface area contributed by atoms with Crippen molar-refractivity contribution in [2.45, 2.75) is 47.0 Å². The van der Waals surface area contributed by atoms with E-state index in [1.807, 2.05) is 27.7 Å². The van der Waals surface area contributed by atoms with E-state index in [1.54, 1.807) is 7.05 Å². The standard InChI is InChI=1S/C14H30N4O2/c1-13(2,11(15)18-20)8-6-7-9-17-10-14(3,4)12(19)16-5/h17,20H,6-10H2,1-5H3,(H2,15,18)(H,16,19). The maximum absolute atomic E-state index is 11.6. The summed E-state index contributed by atoms with van der Waals surface area (Å²) in [5, 5.41) is 17.7. The summed E-state index contributed by atoms with van der Waals surface area (Å²) in [6, 6.07) is 0. The highest BCUT2D eigenvalue weighted by Gasteiger charge is 2.26. The number of nitrogens with zero attached hydrogens (tertiary/aromatic N) is 1. The molecular formula is C14H30N4O2. The van der Waals surface area contributed by atoms with Crippen LogP contribution in [0.15, 0.2) is 5.16 Å². The van der Waals surface area contributed by atoms with Gasteiger partial charge in [0.2, 0.25) is 5.91 Å². The Morgan fingerprint density at radius 2 is 1.80 bits per heavy atom. The van der Waals surface area contributed by atoms with Gasteiger partial charge in [0.15, 0.2) is 0 Å². The molecule has 0 saturated carbocycles. The van der Waals surface area contributed by atoms with Crippen molar-refractivity contribution >= 4 is 11.7 Å². The third-order valence-corrected chi connectivity index (χ3v) is 3.62. The van der Waals surface area contributed by atoms with E-state index < -0.39 is 5.41 Å². The molecule has 0 unspecified atom stereocenters. The van der Waals surface area contributed by atoms with Crippen LogP contribution in [0.25, 0.3) is 0 Å². The Labute approximate surface area is 122 Å². The number of carbonyl (C=O) groups is 1. The summed E-state index contributed by atoms with van der Waals surface area (Å²) in [5.74, 6) is 0.310. The largest absolute Gasteiger partial charge is 0.409 e. The minimum absolute atomic E-state index is 0.0399. The first-order valence-corrected chi connectivity index (χ1v) is 7.08. The van der Waals surface area contributed by atoms with Crippen molar-refractivity contribution < 1.29 is 10.0 Å². The summed E-state index contributed by atoms with van der Waals surface area (Å²) in [6.45, 7) is 9.26. The molecule has 0 radical (unpaired) electrons. The maximum Gasteiger partial charge on any atom is 0.226 e. The lowest BCUT2D eigenvalue weighted by molar-refractivity contribution is -0.128. The highest BCUT2D eigenvalue weighted by Crippen LogP contribution is 2.23. The molecule has 0 aromatic carbocycles. The highest BCUT2D eigenvalue weighted by atomic mass is 16.4. The molecule has 0 aliphatic rings. The molecule has 0 aromatic rings. The minimum atomic E-state index is -0.401. The number of amides is 1. The number of amidine groups is 1. The van der Waals surface area contributed by atoms with Gasteiger partial charge in [-0.15, -0.1) is 0 Å². The van der Waals surface area contributed by atoms with E-state index in [-0.39, 0.29) is 17.2 Å². The van der Waals surface area contributed by atoms with Gasteiger partial charge in [0.1, 0.15) is 5.84 Å². The average molecular weight is 286 g/mol. The number of unbranched alkanes of at least 4 members (excludes halogenated alkanes) is 1. The molecule has 0 heterocycles. The molecule has 6 heteroatoms. The quantitative estimate of drug-likeness (QED) is 0.169. The number of nitrogens with two attached hydrogens (primary N) is 1. The fourth-order valence-corrected chi connectivity index (χ4v) is 1.90. The molecule has 0 spiro atoms. The zero-order valence-electron chi connectivity index (χ0n) is 13.4. The third kappa shape index (κ3) is 6.23. The summed E-state index contributed by atoms with van der Waals surface area (Å²) in [5.41, 5.74) is 4.95. The first-order valence-electron chi connectivity index (χ1n) is 7.08. The molecule has 1 amide bonds. The predicted molar refractivity (Wildman–Crippen MR) is 81.8 cm³/mol. The van der Waals surface area contributed by atoms with Crippen molar-refractivity contribution in [3.63, 3.8) is 0 Å². The molecule has 0 aliphatic heterocycles. The number of nitrogens with one attached hydrogen (secondary N) is 2. The Morgan fingerprint density at radius 1 is 1.20 bits per heavy atom. The van der Waals surface area contributed by atoms with Gasteiger partial charge in [0, 0.05) is 19.0 Å². The first-order chi connectivity index (χ1) is 9.17. The molecule has 0 saturated heterocycles. The van der Waals surface area contributed by atoms with Crippen LogP contribution in [0.2, 0.25) is 0 Å². The summed E-state index contributed by atoms with van der Waals surface area (Å²) < 4.78 is 0. The number of hydrogen-bond donors (Lipinski definition) is 4. The van der Waals surface area contributed by atoms with Crippen LogP contribution < -0.4 is 16.4 Å². The van der Waals surface area contributed by atoms with Crippen molar-refractivity contribution in [3.05, 3.63) is 0 Å². The number of carbonyl (C=O) groups excluding carboxylic acids is 1. The smallest absolute Gasteiger partial charge is 0.226 e. The van der Waals surface area contributed by atoms with Crippen LogP contribution in [0.4, 0.5) is 0 Å². The zero-order valence-corrected chi connectivity index (χ0v) is 13.4. The van der Waals surface area contributed by atoms with Gasteiger partial charge in [-0.3, -0.25) is 4.79 Å². The van der Waals surface area contributed by atoms with Gasteiger partial charge in [-0.05, 0) is 33.2 Å². The molecule has 118 valence electrons. The van der Waals surface area contributed by atoms with Crippen LogP contribution in [-0.2, 0) is 4.79 Å².